The van der Waals surface area contributed by atoms with E-state index in [1.54, 1.807) is 29.2 Å². The highest BCUT2D eigenvalue weighted by molar-refractivity contribution is 6.04. The van der Waals surface area contributed by atoms with Crippen molar-refractivity contribution in [2.45, 2.75) is 51.7 Å². The largest absolute Gasteiger partial charge is 0.449 e. The molecule has 8 nitrogen and oxygen atoms in total. The number of piperidine rings is 1. The Kier molecular flexibility index (Phi) is 8.33. The van der Waals surface area contributed by atoms with Crippen LogP contribution in [0.2, 0.25) is 0 Å². The maximum absolute atomic E-state index is 12.4. The summed E-state index contributed by atoms with van der Waals surface area (Å²) in [4.78, 5) is 36.4. The van der Waals surface area contributed by atoms with Crippen LogP contribution in [0, 0.1) is 11.3 Å². The molecule has 1 aliphatic rings. The van der Waals surface area contributed by atoms with E-state index in [-0.39, 0.29) is 43.2 Å². The third-order valence-corrected chi connectivity index (χ3v) is 4.71. The lowest BCUT2D eigenvalue weighted by molar-refractivity contribution is -0.138. The summed E-state index contributed by atoms with van der Waals surface area (Å²) in [6, 6.07) is 6.50. The summed E-state index contributed by atoms with van der Waals surface area (Å²) in [7, 11) is 0. The van der Waals surface area contributed by atoms with Crippen LogP contribution in [0.3, 0.4) is 0 Å². The van der Waals surface area contributed by atoms with Gasteiger partial charge in [0, 0.05) is 31.4 Å². The molecule has 0 bridgehead atoms. The first-order valence-electron chi connectivity index (χ1n) is 9.83. The lowest BCUT2D eigenvalue weighted by atomic mass is 9.92. The van der Waals surface area contributed by atoms with Gasteiger partial charge in [0.15, 0.2) is 0 Å². The number of nitrogens with zero attached hydrogens (tertiary/aromatic N) is 1. The zero-order chi connectivity index (χ0) is 21.4. The van der Waals surface area contributed by atoms with E-state index >= 15 is 0 Å². The van der Waals surface area contributed by atoms with E-state index in [2.05, 4.69) is 5.32 Å². The summed E-state index contributed by atoms with van der Waals surface area (Å²) in [5, 5.41) is 22.4. The molecule has 2 atom stereocenters. The predicted molar refractivity (Wildman–Crippen MR) is 106 cm³/mol. The Labute approximate surface area is 170 Å². The minimum atomic E-state index is -0.745. The highest BCUT2D eigenvalue weighted by atomic mass is 16.5. The summed E-state index contributed by atoms with van der Waals surface area (Å²) in [5.41, 5.74) is 1.28. The SMILES string of the molecule is CC(C)COC(=O)NC(=N)c1ccc(C2CC([O])CCN2C(=O)CCC=O)cc1. The van der Waals surface area contributed by atoms with Crippen molar-refractivity contribution in [3.63, 3.8) is 0 Å². The van der Waals surface area contributed by atoms with Crippen LogP contribution in [-0.4, -0.2) is 48.3 Å². The third kappa shape index (κ3) is 6.67. The molecular weight excluding hydrogens is 374 g/mol. The Morgan fingerprint density at radius 3 is 2.62 bits per heavy atom. The molecule has 1 aromatic carbocycles. The van der Waals surface area contributed by atoms with Gasteiger partial charge in [-0.3, -0.25) is 15.5 Å². The maximum Gasteiger partial charge on any atom is 0.412 e. The first-order valence-corrected chi connectivity index (χ1v) is 9.83. The number of benzene rings is 1. The molecule has 1 aromatic rings. The maximum atomic E-state index is 12.4. The number of hydrogen-bond acceptors (Lipinski definition) is 5. The number of amidine groups is 1. The zero-order valence-corrected chi connectivity index (χ0v) is 16.8. The number of carbonyl (C=O) groups is 3. The molecule has 2 amide bonds. The Hall–Kier alpha value is -2.74. The van der Waals surface area contributed by atoms with Crippen LogP contribution in [-0.2, 0) is 19.4 Å². The summed E-state index contributed by atoms with van der Waals surface area (Å²) >= 11 is 0. The van der Waals surface area contributed by atoms with Crippen LogP contribution in [0.1, 0.15) is 56.7 Å². The first-order chi connectivity index (χ1) is 13.8. The fraction of sp³-hybridized carbons (Fsp3) is 0.524. The van der Waals surface area contributed by atoms with Gasteiger partial charge in [0.2, 0.25) is 5.91 Å². The van der Waals surface area contributed by atoms with Crippen LogP contribution in [0.25, 0.3) is 0 Å². The van der Waals surface area contributed by atoms with Crippen molar-refractivity contribution in [1.29, 1.82) is 5.41 Å². The Morgan fingerprint density at radius 1 is 1.31 bits per heavy atom. The van der Waals surface area contributed by atoms with Gasteiger partial charge in [0.05, 0.1) is 18.8 Å². The number of hydrogen-bond donors (Lipinski definition) is 2. The topological polar surface area (TPSA) is 119 Å². The number of carbonyl (C=O) groups excluding carboxylic acids is 3. The number of nitrogens with one attached hydrogen (secondary N) is 2. The van der Waals surface area contributed by atoms with Gasteiger partial charge in [0.25, 0.3) is 0 Å². The van der Waals surface area contributed by atoms with Crippen LogP contribution in [0.4, 0.5) is 4.79 Å². The fourth-order valence-corrected chi connectivity index (χ4v) is 3.20. The summed E-state index contributed by atoms with van der Waals surface area (Å²) in [5.74, 6) is -0.0262. The van der Waals surface area contributed by atoms with E-state index in [9.17, 15) is 19.5 Å². The van der Waals surface area contributed by atoms with Crippen molar-refractivity contribution in [2.75, 3.05) is 13.2 Å². The minimum Gasteiger partial charge on any atom is -0.449 e. The van der Waals surface area contributed by atoms with Crippen LogP contribution >= 0.6 is 0 Å². The van der Waals surface area contributed by atoms with Gasteiger partial charge in [-0.1, -0.05) is 38.1 Å². The molecule has 1 radical (unpaired) electrons. The Bertz CT molecular complexity index is 732. The molecule has 1 aliphatic heterocycles. The van der Waals surface area contributed by atoms with Crippen molar-refractivity contribution >= 4 is 24.1 Å². The monoisotopic (exact) mass is 402 g/mol. The standard InChI is InChI=1S/C21H28N3O5/c1-14(2)13-29-21(28)23-20(22)16-7-5-15(6-8-16)18-12-17(26)9-10-24(18)19(27)4-3-11-25/h5-8,11,14,17-18H,3-4,9-10,12-13H2,1-2H3,(H2,22,23,28). The molecule has 2 rings (SSSR count). The minimum absolute atomic E-state index is 0.0884. The van der Waals surface area contributed by atoms with Gasteiger partial charge < -0.3 is 14.4 Å². The van der Waals surface area contributed by atoms with Gasteiger partial charge in [-0.2, -0.15) is 0 Å². The lowest BCUT2D eigenvalue weighted by Gasteiger charge is -2.37. The predicted octanol–water partition coefficient (Wildman–Crippen LogP) is 2.84. The number of likely N-dealkylation sites (tertiary alicyclic amines) is 1. The molecule has 0 aliphatic carbocycles. The molecule has 1 heterocycles. The van der Waals surface area contributed by atoms with Gasteiger partial charge in [0.1, 0.15) is 12.1 Å². The highest BCUT2D eigenvalue weighted by Gasteiger charge is 2.32. The smallest absolute Gasteiger partial charge is 0.412 e. The molecule has 0 aromatic heterocycles. The molecule has 157 valence electrons. The average Bonchev–Trinajstić information content (AvgIpc) is 2.70. The highest BCUT2D eigenvalue weighted by Crippen LogP contribution is 2.32. The van der Waals surface area contributed by atoms with E-state index in [0.717, 1.165) is 5.56 Å². The number of amides is 2. The molecule has 0 saturated carbocycles. The van der Waals surface area contributed by atoms with Crippen molar-refractivity contribution in [2.24, 2.45) is 5.92 Å². The van der Waals surface area contributed by atoms with Crippen molar-refractivity contribution in [3.05, 3.63) is 35.4 Å². The molecule has 29 heavy (non-hydrogen) atoms. The average molecular weight is 402 g/mol. The Morgan fingerprint density at radius 2 is 2.00 bits per heavy atom. The van der Waals surface area contributed by atoms with E-state index < -0.39 is 12.2 Å². The van der Waals surface area contributed by atoms with E-state index in [1.165, 1.54) is 0 Å². The zero-order valence-electron chi connectivity index (χ0n) is 16.8. The van der Waals surface area contributed by atoms with Gasteiger partial charge >= 0.3 is 6.09 Å². The van der Waals surface area contributed by atoms with Gasteiger partial charge in [-0.25, -0.2) is 9.90 Å². The van der Waals surface area contributed by atoms with Crippen LogP contribution < -0.4 is 5.32 Å². The molecule has 1 fully saturated rings. The van der Waals surface area contributed by atoms with E-state index in [1.807, 2.05) is 13.8 Å². The van der Waals surface area contributed by atoms with E-state index in [4.69, 9.17) is 10.1 Å². The molecule has 8 heteroatoms. The Balaban J connectivity index is 2.06. The van der Waals surface area contributed by atoms with Crippen molar-refractivity contribution in [1.82, 2.24) is 10.2 Å². The quantitative estimate of drug-likeness (QED) is 0.414. The van der Waals surface area contributed by atoms with Gasteiger partial charge in [-0.05, 0) is 17.9 Å². The van der Waals surface area contributed by atoms with E-state index in [0.29, 0.717) is 31.2 Å². The molecule has 0 spiro atoms. The number of aldehydes is 1. The first kappa shape index (κ1) is 22.5. The van der Waals surface area contributed by atoms with Crippen molar-refractivity contribution < 1.29 is 24.2 Å². The normalized spacial score (nSPS) is 19.0. The molecule has 2 unspecified atom stereocenters. The van der Waals surface area contributed by atoms with Crippen LogP contribution in [0.5, 0.6) is 0 Å². The number of ether oxygens (including phenoxy) is 1. The fourth-order valence-electron chi connectivity index (χ4n) is 3.20. The van der Waals surface area contributed by atoms with Crippen LogP contribution in [0.15, 0.2) is 24.3 Å². The second-order valence-electron chi connectivity index (χ2n) is 7.57. The van der Waals surface area contributed by atoms with Crippen molar-refractivity contribution in [3.8, 4) is 0 Å². The lowest BCUT2D eigenvalue weighted by Crippen LogP contribution is -2.42. The summed E-state index contributed by atoms with van der Waals surface area (Å²) < 4.78 is 5.00. The van der Waals surface area contributed by atoms with Gasteiger partial charge in [-0.15, -0.1) is 0 Å². The second-order valence-corrected chi connectivity index (χ2v) is 7.57. The molecule has 2 N–H and O–H groups in total. The third-order valence-electron chi connectivity index (χ3n) is 4.71. The molecule has 1 saturated heterocycles. The second kappa shape index (κ2) is 10.7. The number of alkyl carbamates (subject to hydrolysis) is 1. The molecular formula is C21H28N3O5. The summed E-state index contributed by atoms with van der Waals surface area (Å²) in [6.45, 7) is 4.48. The summed E-state index contributed by atoms with van der Waals surface area (Å²) in [6.07, 6.45) is 0.295. The number of rotatable bonds is 7.